The Morgan fingerprint density at radius 3 is 2.62 bits per heavy atom. The first kappa shape index (κ1) is 11.5. The van der Waals surface area contributed by atoms with Crippen LogP contribution in [0.1, 0.15) is 15.2 Å². The second kappa shape index (κ2) is 4.53. The van der Waals surface area contributed by atoms with Crippen molar-refractivity contribution >= 4 is 49.0 Å². The molecule has 3 heterocycles. The smallest absolute Gasteiger partial charge is 0.224 e. The van der Waals surface area contributed by atoms with Crippen molar-refractivity contribution in [2.45, 2.75) is 13.8 Å². The van der Waals surface area contributed by atoms with Gasteiger partial charge in [-0.15, -0.1) is 0 Å². The van der Waals surface area contributed by atoms with E-state index in [2.05, 4.69) is 47.2 Å². The molecule has 6 rings (SSSR count). The number of aryl methyl sites for hydroxylation is 3. The van der Waals surface area contributed by atoms with Crippen LogP contribution in [0.4, 0.5) is 0 Å². The summed E-state index contributed by atoms with van der Waals surface area (Å²) in [7, 11) is 2.06. The number of benzene rings is 3. The highest BCUT2D eigenvalue weighted by Gasteiger charge is 2.24. The highest BCUT2D eigenvalue weighted by atomic mass is 15.0. The summed E-state index contributed by atoms with van der Waals surface area (Å²) in [5.41, 5.74) is 5.93. The summed E-state index contributed by atoms with van der Waals surface area (Å²) in [6.45, 7) is -0.0451. The number of hydrogen-bond donors (Lipinski definition) is 0. The normalized spacial score (nSPS) is 14.6. The third-order valence-corrected chi connectivity index (χ3v) is 5.77. The lowest BCUT2D eigenvalue weighted by atomic mass is 9.97. The standard InChI is InChI=1S/C24H19N2/c1-14-7-6-10-19-21(14)23-22-16(11-12-25(23)3)13-15(2)20-17-8-4-5-9-18(17)26(19)24(20)22/h4-13H,1-3H3/q+1/i2D3. The van der Waals surface area contributed by atoms with Crippen LogP contribution in [0.5, 0.6) is 0 Å². The molecule has 26 heavy (non-hydrogen) atoms. The van der Waals surface area contributed by atoms with E-state index in [0.29, 0.717) is 5.56 Å². The zero-order valence-corrected chi connectivity index (χ0v) is 14.7. The molecule has 0 spiro atoms. The molecule has 0 unspecified atom stereocenters. The fourth-order valence-electron chi connectivity index (χ4n) is 4.71. The molecule has 2 heteroatoms. The van der Waals surface area contributed by atoms with Gasteiger partial charge in [0.05, 0.1) is 27.3 Å². The molecule has 0 radical (unpaired) electrons. The first-order valence-electron chi connectivity index (χ1n) is 10.4. The van der Waals surface area contributed by atoms with Crippen LogP contribution < -0.4 is 4.57 Å². The Hall–Kier alpha value is -3.13. The van der Waals surface area contributed by atoms with Gasteiger partial charge in [0, 0.05) is 21.0 Å². The Kier molecular flexibility index (Phi) is 2.00. The van der Waals surface area contributed by atoms with Crippen LogP contribution in [-0.4, -0.2) is 4.40 Å². The van der Waals surface area contributed by atoms with E-state index in [1.165, 1.54) is 10.9 Å². The Morgan fingerprint density at radius 1 is 0.885 bits per heavy atom. The number of aromatic nitrogens is 2. The SMILES string of the molecule is [2H]C([2H])([2H])c1cc2cc[n+](C)c3c4c(C)cccc4n4c5ccccc5c1c4c23. The minimum atomic E-state index is -2.19. The van der Waals surface area contributed by atoms with Crippen molar-refractivity contribution in [2.75, 3.05) is 0 Å². The van der Waals surface area contributed by atoms with E-state index < -0.39 is 6.85 Å². The Bertz CT molecular complexity index is 1610. The highest BCUT2D eigenvalue weighted by molar-refractivity contribution is 6.28. The van der Waals surface area contributed by atoms with Gasteiger partial charge in [0.15, 0.2) is 6.20 Å². The molecule has 0 bridgehead atoms. The van der Waals surface area contributed by atoms with Crippen LogP contribution in [0.25, 0.3) is 49.0 Å². The largest absolute Gasteiger partial charge is 0.307 e. The van der Waals surface area contributed by atoms with Gasteiger partial charge in [0.2, 0.25) is 5.52 Å². The van der Waals surface area contributed by atoms with Crippen LogP contribution in [0.3, 0.4) is 0 Å². The summed E-state index contributed by atoms with van der Waals surface area (Å²) in [4.78, 5) is 0. The van der Waals surface area contributed by atoms with Crippen molar-refractivity contribution < 1.29 is 8.68 Å². The van der Waals surface area contributed by atoms with Gasteiger partial charge in [-0.3, -0.25) is 0 Å². The van der Waals surface area contributed by atoms with Crippen molar-refractivity contribution in [3.8, 4) is 0 Å². The zero-order chi connectivity index (χ0) is 20.1. The molecule has 0 aliphatic rings. The number of para-hydroxylation sites is 1. The van der Waals surface area contributed by atoms with Crippen molar-refractivity contribution in [1.29, 1.82) is 0 Å². The maximum atomic E-state index is 8.23. The summed E-state index contributed by atoms with van der Waals surface area (Å²) in [6.07, 6.45) is 2.03. The summed E-state index contributed by atoms with van der Waals surface area (Å²) in [6, 6.07) is 18.4. The maximum absolute atomic E-state index is 8.23. The number of fused-ring (bicyclic) bond motifs is 6. The molecule has 3 aromatic carbocycles. The zero-order valence-electron chi connectivity index (χ0n) is 17.7. The number of rotatable bonds is 0. The third-order valence-electron chi connectivity index (χ3n) is 5.77. The van der Waals surface area contributed by atoms with Gasteiger partial charge in [-0.05, 0) is 42.4 Å². The van der Waals surface area contributed by atoms with Gasteiger partial charge < -0.3 is 4.40 Å². The number of pyridine rings is 2. The van der Waals surface area contributed by atoms with Gasteiger partial charge in [-0.2, -0.15) is 0 Å². The van der Waals surface area contributed by atoms with E-state index in [1.807, 2.05) is 36.5 Å². The molecule has 0 fully saturated rings. The van der Waals surface area contributed by atoms with Gasteiger partial charge in [-0.1, -0.05) is 36.4 Å². The molecular formula is C24H19N2+. The minimum absolute atomic E-state index is 0.422. The van der Waals surface area contributed by atoms with E-state index in [-0.39, 0.29) is 0 Å². The summed E-state index contributed by atoms with van der Waals surface area (Å²) >= 11 is 0. The summed E-state index contributed by atoms with van der Waals surface area (Å²) in [5, 5.41) is 5.12. The van der Waals surface area contributed by atoms with E-state index in [4.69, 9.17) is 4.11 Å². The molecule has 3 aromatic heterocycles. The second-order valence-electron chi connectivity index (χ2n) is 7.21. The molecule has 0 saturated heterocycles. The van der Waals surface area contributed by atoms with Gasteiger partial charge in [0.1, 0.15) is 7.05 Å². The van der Waals surface area contributed by atoms with Crippen LogP contribution >= 0.6 is 0 Å². The summed E-state index contributed by atoms with van der Waals surface area (Å²) < 4.78 is 29.1. The van der Waals surface area contributed by atoms with Crippen molar-refractivity contribution in [3.63, 3.8) is 0 Å². The molecule has 0 aliphatic carbocycles. The van der Waals surface area contributed by atoms with E-state index in [1.54, 1.807) is 0 Å². The molecule has 6 aromatic rings. The minimum Gasteiger partial charge on any atom is -0.307 e. The van der Waals surface area contributed by atoms with Crippen LogP contribution in [0.15, 0.2) is 60.8 Å². The van der Waals surface area contributed by atoms with Crippen molar-refractivity contribution in [2.24, 2.45) is 7.05 Å². The lowest BCUT2D eigenvalue weighted by Crippen LogP contribution is -2.28. The predicted octanol–water partition coefficient (Wildman–Crippen LogP) is 5.43. The van der Waals surface area contributed by atoms with E-state index in [9.17, 15) is 0 Å². The van der Waals surface area contributed by atoms with Crippen molar-refractivity contribution in [3.05, 3.63) is 71.9 Å². The molecule has 2 nitrogen and oxygen atoms in total. The van der Waals surface area contributed by atoms with Crippen LogP contribution in [0.2, 0.25) is 0 Å². The fraction of sp³-hybridized carbons (Fsp3) is 0.125. The molecule has 0 N–H and O–H groups in total. The average molecular weight is 338 g/mol. The highest BCUT2D eigenvalue weighted by Crippen LogP contribution is 2.41. The first-order chi connectivity index (χ1) is 13.9. The second-order valence-corrected chi connectivity index (χ2v) is 7.21. The quantitative estimate of drug-likeness (QED) is 0.198. The van der Waals surface area contributed by atoms with E-state index >= 15 is 0 Å². The number of nitrogens with zero attached hydrogens (tertiary/aromatic N) is 2. The monoisotopic (exact) mass is 338 g/mol. The van der Waals surface area contributed by atoms with Gasteiger partial charge >= 0.3 is 0 Å². The number of hydrogen-bond acceptors (Lipinski definition) is 0. The van der Waals surface area contributed by atoms with Crippen molar-refractivity contribution in [1.82, 2.24) is 4.40 Å². The molecule has 0 saturated carbocycles. The maximum Gasteiger partial charge on any atom is 0.224 e. The van der Waals surface area contributed by atoms with E-state index in [0.717, 1.165) is 43.6 Å². The van der Waals surface area contributed by atoms with Crippen LogP contribution in [-0.2, 0) is 7.05 Å². The third kappa shape index (κ3) is 1.47. The van der Waals surface area contributed by atoms with Gasteiger partial charge in [0.25, 0.3) is 0 Å². The lowest BCUT2D eigenvalue weighted by Gasteiger charge is -2.13. The average Bonchev–Trinajstić information content (AvgIpc) is 3.03. The topological polar surface area (TPSA) is 8.29 Å². The molecular weight excluding hydrogens is 316 g/mol. The summed E-state index contributed by atoms with van der Waals surface area (Å²) in [5.74, 6) is 0. The first-order valence-corrected chi connectivity index (χ1v) is 8.87. The lowest BCUT2D eigenvalue weighted by molar-refractivity contribution is -0.643. The van der Waals surface area contributed by atoms with Gasteiger partial charge in [-0.25, -0.2) is 4.57 Å². The predicted molar refractivity (Wildman–Crippen MR) is 109 cm³/mol. The van der Waals surface area contributed by atoms with Crippen LogP contribution in [0, 0.1) is 13.8 Å². The Labute approximate surface area is 155 Å². The fourth-order valence-corrected chi connectivity index (χ4v) is 4.71. The Morgan fingerprint density at radius 2 is 1.73 bits per heavy atom. The molecule has 0 aliphatic heterocycles. The molecule has 0 amide bonds. The molecule has 124 valence electrons. The Balaban J connectivity index is 2.13. The molecule has 0 atom stereocenters.